The molecule has 0 spiro atoms. The SMILES string of the molecule is CC(=O)SCC[N+](C)(C)C.CCCC(=O)SCC[N+](C)(C)C.[Cl-].[I-]. The van der Waals surface area contributed by atoms with Crippen LogP contribution in [-0.4, -0.2) is 86.1 Å². The maximum absolute atomic E-state index is 11.1. The summed E-state index contributed by atoms with van der Waals surface area (Å²) in [5.74, 6) is 1.88. The van der Waals surface area contributed by atoms with Crippen LogP contribution in [0.25, 0.3) is 0 Å². The quantitative estimate of drug-likeness (QED) is 0.252. The molecule has 0 aromatic rings. The predicted octanol–water partition coefficient (Wildman–Crippen LogP) is -3.27. The van der Waals surface area contributed by atoms with Crippen LogP contribution in [0, 0.1) is 0 Å². The van der Waals surface area contributed by atoms with Crippen molar-refractivity contribution >= 4 is 33.8 Å². The highest BCUT2D eigenvalue weighted by Gasteiger charge is 2.08. The zero-order chi connectivity index (χ0) is 17.8. The minimum atomic E-state index is 0. The molecule has 0 heterocycles. The van der Waals surface area contributed by atoms with Crippen LogP contribution < -0.4 is 36.4 Å². The summed E-state index contributed by atoms with van der Waals surface area (Å²) in [5, 5.41) is 0.555. The first-order chi connectivity index (χ1) is 9.87. The summed E-state index contributed by atoms with van der Waals surface area (Å²) in [5.41, 5.74) is 0. The van der Waals surface area contributed by atoms with Crippen molar-refractivity contribution < 1.29 is 54.9 Å². The average Bonchev–Trinajstić information content (AvgIpc) is 2.25. The summed E-state index contributed by atoms with van der Waals surface area (Å²) in [6, 6.07) is 0. The minimum absolute atomic E-state index is 0. The molecule has 8 heteroatoms. The number of hydrogen-bond donors (Lipinski definition) is 0. The molecule has 0 aromatic heterocycles. The van der Waals surface area contributed by atoms with Crippen LogP contribution in [0.5, 0.6) is 0 Å². The van der Waals surface area contributed by atoms with Gasteiger partial charge in [-0.15, -0.1) is 0 Å². The Morgan fingerprint density at radius 1 is 0.833 bits per heavy atom. The van der Waals surface area contributed by atoms with E-state index in [1.807, 2.05) is 6.92 Å². The third kappa shape index (κ3) is 34.3. The van der Waals surface area contributed by atoms with E-state index in [4.69, 9.17) is 0 Å². The minimum Gasteiger partial charge on any atom is -1.00 e. The Morgan fingerprint density at radius 3 is 1.50 bits per heavy atom. The Bertz CT molecular complexity index is 333. The standard InChI is InChI=1S/C9H20NOS.C7H16NOS.ClH.HI/c1-5-6-9(11)12-8-7-10(2,3)4;1-7(9)10-6-5-8(2,3)4;;/h5-8H2,1-4H3;5-6H2,1-4H3;2*1H/q2*+1;;/p-2. The molecule has 0 aromatic carbocycles. The fraction of sp³-hybridized carbons (Fsp3) is 0.875. The van der Waals surface area contributed by atoms with Crippen LogP contribution in [0.4, 0.5) is 0 Å². The highest BCUT2D eigenvalue weighted by atomic mass is 127. The summed E-state index contributed by atoms with van der Waals surface area (Å²) in [7, 11) is 12.8. The van der Waals surface area contributed by atoms with E-state index in [9.17, 15) is 9.59 Å². The van der Waals surface area contributed by atoms with Gasteiger partial charge in [-0.2, -0.15) is 0 Å². The Morgan fingerprint density at radius 2 is 1.21 bits per heavy atom. The number of nitrogens with zero attached hydrogens (tertiary/aromatic N) is 2. The van der Waals surface area contributed by atoms with Crippen molar-refractivity contribution in [3.05, 3.63) is 0 Å². The molecule has 0 amide bonds. The molecule has 24 heavy (non-hydrogen) atoms. The number of rotatable bonds is 8. The summed E-state index contributed by atoms with van der Waals surface area (Å²) in [4.78, 5) is 21.6. The first-order valence-corrected chi connectivity index (χ1v) is 9.74. The monoisotopic (exact) mass is 514 g/mol. The normalized spacial score (nSPS) is 10.7. The lowest BCUT2D eigenvalue weighted by atomic mass is 10.4. The summed E-state index contributed by atoms with van der Waals surface area (Å²) in [6.07, 6.45) is 1.69. The first kappa shape index (κ1) is 32.6. The van der Waals surface area contributed by atoms with Gasteiger partial charge in [-0.25, -0.2) is 0 Å². The zero-order valence-corrected chi connectivity index (χ0v) is 21.1. The van der Waals surface area contributed by atoms with Crippen LogP contribution >= 0.6 is 23.5 Å². The van der Waals surface area contributed by atoms with Gasteiger partial charge in [0, 0.05) is 13.3 Å². The molecule has 148 valence electrons. The van der Waals surface area contributed by atoms with Crippen LogP contribution in [-0.2, 0) is 9.59 Å². The van der Waals surface area contributed by atoms with Crippen LogP contribution in [0.1, 0.15) is 26.7 Å². The van der Waals surface area contributed by atoms with E-state index in [1.54, 1.807) is 6.92 Å². The number of halogens is 2. The smallest absolute Gasteiger partial charge is 0.189 e. The topological polar surface area (TPSA) is 34.1 Å². The molecule has 0 aliphatic carbocycles. The van der Waals surface area contributed by atoms with E-state index >= 15 is 0 Å². The average molecular weight is 515 g/mol. The molecule has 0 saturated carbocycles. The van der Waals surface area contributed by atoms with Crippen molar-refractivity contribution in [2.75, 3.05) is 66.9 Å². The Kier molecular flexibility index (Phi) is 23.7. The molecular weight excluding hydrogens is 479 g/mol. The second kappa shape index (κ2) is 17.4. The third-order valence-corrected chi connectivity index (χ3v) is 4.25. The van der Waals surface area contributed by atoms with Gasteiger partial charge < -0.3 is 45.3 Å². The molecular formula is C16H36ClIN2O2S2. The number of quaternary nitrogens is 2. The highest BCUT2D eigenvalue weighted by Crippen LogP contribution is 2.08. The lowest BCUT2D eigenvalue weighted by Crippen LogP contribution is -3.00. The molecule has 0 aliphatic rings. The number of thioether (sulfide) groups is 2. The summed E-state index contributed by atoms with van der Waals surface area (Å²) < 4.78 is 1.87. The van der Waals surface area contributed by atoms with E-state index in [1.165, 1.54) is 23.5 Å². The fourth-order valence-electron chi connectivity index (χ4n) is 1.17. The first-order valence-electron chi connectivity index (χ1n) is 7.77. The molecule has 0 radical (unpaired) electrons. The molecule has 0 bridgehead atoms. The van der Waals surface area contributed by atoms with Crippen molar-refractivity contribution in [3.8, 4) is 0 Å². The number of hydrogen-bond acceptors (Lipinski definition) is 4. The Balaban J connectivity index is -0.000000156. The molecule has 4 nitrogen and oxygen atoms in total. The molecule has 0 aliphatic heterocycles. The molecule has 0 unspecified atom stereocenters. The van der Waals surface area contributed by atoms with Crippen LogP contribution in [0.2, 0.25) is 0 Å². The van der Waals surface area contributed by atoms with Crippen molar-refractivity contribution in [3.63, 3.8) is 0 Å². The maximum atomic E-state index is 11.1. The Labute approximate surface area is 181 Å². The highest BCUT2D eigenvalue weighted by molar-refractivity contribution is 8.13. The van der Waals surface area contributed by atoms with Crippen molar-refractivity contribution in [2.24, 2.45) is 0 Å². The van der Waals surface area contributed by atoms with Gasteiger partial charge in [-0.1, -0.05) is 30.4 Å². The lowest BCUT2D eigenvalue weighted by Gasteiger charge is -2.23. The lowest BCUT2D eigenvalue weighted by molar-refractivity contribution is -0.867. The second-order valence-corrected chi connectivity index (χ2v) is 9.76. The number of carbonyl (C=O) groups is 2. The second-order valence-electron chi connectivity index (χ2n) is 7.34. The van der Waals surface area contributed by atoms with Gasteiger partial charge in [0.2, 0.25) is 0 Å². The van der Waals surface area contributed by atoms with Gasteiger partial charge >= 0.3 is 0 Å². The molecule has 0 fully saturated rings. The van der Waals surface area contributed by atoms with E-state index in [-0.39, 0.29) is 41.5 Å². The van der Waals surface area contributed by atoms with E-state index in [0.29, 0.717) is 5.12 Å². The van der Waals surface area contributed by atoms with Crippen molar-refractivity contribution in [2.45, 2.75) is 26.7 Å². The number of carbonyl (C=O) groups excluding carboxylic acids is 2. The third-order valence-electron chi connectivity index (χ3n) is 2.55. The van der Waals surface area contributed by atoms with E-state index in [0.717, 1.165) is 46.4 Å². The van der Waals surface area contributed by atoms with Crippen LogP contribution in [0.3, 0.4) is 0 Å². The summed E-state index contributed by atoms with van der Waals surface area (Å²) in [6.45, 7) is 5.75. The summed E-state index contributed by atoms with van der Waals surface area (Å²) >= 11 is 2.88. The molecule has 0 N–H and O–H groups in total. The fourth-order valence-corrected chi connectivity index (χ4v) is 3.31. The van der Waals surface area contributed by atoms with Gasteiger partial charge in [0.1, 0.15) is 0 Å². The Hall–Kier alpha value is 0.980. The predicted molar refractivity (Wildman–Crippen MR) is 101 cm³/mol. The van der Waals surface area contributed by atoms with Gasteiger partial charge in [0.25, 0.3) is 0 Å². The van der Waals surface area contributed by atoms with Crippen LogP contribution in [0.15, 0.2) is 0 Å². The largest absolute Gasteiger partial charge is 1.00 e. The van der Waals surface area contributed by atoms with Gasteiger partial charge in [0.15, 0.2) is 10.2 Å². The van der Waals surface area contributed by atoms with E-state index in [2.05, 4.69) is 42.3 Å². The van der Waals surface area contributed by atoms with Crippen molar-refractivity contribution in [1.82, 2.24) is 0 Å². The van der Waals surface area contributed by atoms with Gasteiger partial charge in [-0.3, -0.25) is 9.59 Å². The maximum Gasteiger partial charge on any atom is 0.189 e. The zero-order valence-electron chi connectivity index (χ0n) is 16.5. The van der Waals surface area contributed by atoms with Gasteiger partial charge in [0.05, 0.1) is 66.9 Å². The molecule has 0 saturated heterocycles. The van der Waals surface area contributed by atoms with Crippen molar-refractivity contribution in [1.29, 1.82) is 0 Å². The van der Waals surface area contributed by atoms with E-state index < -0.39 is 0 Å². The molecule has 0 atom stereocenters. The molecule has 0 rings (SSSR count). The van der Waals surface area contributed by atoms with Gasteiger partial charge in [-0.05, 0) is 6.42 Å².